The van der Waals surface area contributed by atoms with Crippen molar-refractivity contribution in [2.24, 2.45) is 5.92 Å². The lowest BCUT2D eigenvalue weighted by molar-refractivity contribution is 0.445. The fraction of sp³-hybridized carbons (Fsp3) is 0.385. The summed E-state index contributed by atoms with van der Waals surface area (Å²) in [6.07, 6.45) is 9.33. The Bertz CT molecular complexity index is 410. The molecule has 4 nitrogen and oxygen atoms in total. The van der Waals surface area contributed by atoms with Gasteiger partial charge >= 0.3 is 0 Å². The number of hydrogen-bond acceptors (Lipinski definition) is 3. The second-order valence-corrected chi connectivity index (χ2v) is 4.35. The van der Waals surface area contributed by atoms with Gasteiger partial charge < -0.3 is 9.88 Å². The summed E-state index contributed by atoms with van der Waals surface area (Å²) in [5.41, 5.74) is 1.27. The molecule has 0 amide bonds. The van der Waals surface area contributed by atoms with Gasteiger partial charge in [0.1, 0.15) is 0 Å². The maximum atomic E-state index is 4.04. The SMILES string of the molecule is CC(CNCc1ccncc1)Cn1ccnc1. The average Bonchev–Trinajstić information content (AvgIpc) is 2.83. The van der Waals surface area contributed by atoms with Crippen LogP contribution in [0.15, 0.2) is 43.2 Å². The van der Waals surface area contributed by atoms with E-state index in [4.69, 9.17) is 0 Å². The van der Waals surface area contributed by atoms with Gasteiger partial charge in [0, 0.05) is 37.9 Å². The summed E-state index contributed by atoms with van der Waals surface area (Å²) >= 11 is 0. The highest BCUT2D eigenvalue weighted by atomic mass is 15.0. The van der Waals surface area contributed by atoms with Crippen molar-refractivity contribution < 1.29 is 0 Å². The molecule has 0 fully saturated rings. The van der Waals surface area contributed by atoms with Gasteiger partial charge in [0.2, 0.25) is 0 Å². The largest absolute Gasteiger partial charge is 0.337 e. The zero-order valence-electron chi connectivity index (χ0n) is 10.1. The van der Waals surface area contributed by atoms with E-state index in [0.717, 1.165) is 19.6 Å². The second kappa shape index (κ2) is 6.15. The van der Waals surface area contributed by atoms with E-state index in [0.29, 0.717) is 5.92 Å². The van der Waals surface area contributed by atoms with Crippen LogP contribution in [0.25, 0.3) is 0 Å². The van der Waals surface area contributed by atoms with Crippen LogP contribution in [0.4, 0.5) is 0 Å². The maximum Gasteiger partial charge on any atom is 0.0946 e. The lowest BCUT2D eigenvalue weighted by Crippen LogP contribution is -2.23. The first-order valence-corrected chi connectivity index (χ1v) is 5.90. The Balaban J connectivity index is 1.68. The summed E-state index contributed by atoms with van der Waals surface area (Å²) < 4.78 is 2.11. The van der Waals surface area contributed by atoms with Gasteiger partial charge in [0.15, 0.2) is 0 Å². The molecule has 0 aliphatic rings. The molecule has 4 heteroatoms. The predicted molar refractivity (Wildman–Crippen MR) is 67.3 cm³/mol. The number of nitrogens with zero attached hydrogens (tertiary/aromatic N) is 3. The van der Waals surface area contributed by atoms with Crippen molar-refractivity contribution in [3.8, 4) is 0 Å². The van der Waals surface area contributed by atoms with E-state index in [1.807, 2.05) is 43.2 Å². The van der Waals surface area contributed by atoms with Gasteiger partial charge in [-0.25, -0.2) is 4.98 Å². The van der Waals surface area contributed by atoms with Crippen molar-refractivity contribution in [3.05, 3.63) is 48.8 Å². The molecule has 0 bridgehead atoms. The summed E-state index contributed by atoms with van der Waals surface area (Å²) in [6, 6.07) is 4.07. The van der Waals surface area contributed by atoms with E-state index >= 15 is 0 Å². The zero-order valence-corrected chi connectivity index (χ0v) is 10.1. The second-order valence-electron chi connectivity index (χ2n) is 4.35. The third-order valence-electron chi connectivity index (χ3n) is 2.65. The molecule has 0 aromatic carbocycles. The molecule has 1 N–H and O–H groups in total. The first kappa shape index (κ1) is 11.8. The number of hydrogen-bond donors (Lipinski definition) is 1. The molecule has 1 atom stereocenters. The third kappa shape index (κ3) is 4.00. The molecule has 0 saturated heterocycles. The minimum Gasteiger partial charge on any atom is -0.337 e. The Morgan fingerprint density at radius 3 is 2.76 bits per heavy atom. The number of pyridine rings is 1. The van der Waals surface area contributed by atoms with Gasteiger partial charge in [-0.3, -0.25) is 4.98 Å². The topological polar surface area (TPSA) is 42.7 Å². The summed E-state index contributed by atoms with van der Waals surface area (Å²) in [7, 11) is 0. The molecule has 2 heterocycles. The van der Waals surface area contributed by atoms with Crippen LogP contribution < -0.4 is 5.32 Å². The molecule has 2 rings (SSSR count). The van der Waals surface area contributed by atoms with E-state index in [1.54, 1.807) is 0 Å². The highest BCUT2D eigenvalue weighted by molar-refractivity contribution is 5.08. The van der Waals surface area contributed by atoms with E-state index in [-0.39, 0.29) is 0 Å². The first-order valence-electron chi connectivity index (χ1n) is 5.90. The minimum absolute atomic E-state index is 0.589. The average molecular weight is 230 g/mol. The molecule has 17 heavy (non-hydrogen) atoms. The predicted octanol–water partition coefficient (Wildman–Crippen LogP) is 1.70. The van der Waals surface area contributed by atoms with Crippen LogP contribution >= 0.6 is 0 Å². The van der Waals surface area contributed by atoms with Gasteiger partial charge in [-0.05, 0) is 30.2 Å². The van der Waals surface area contributed by atoms with Crippen molar-refractivity contribution in [2.45, 2.75) is 20.0 Å². The number of rotatable bonds is 6. The lowest BCUT2D eigenvalue weighted by atomic mass is 10.1. The normalized spacial score (nSPS) is 12.5. The molecule has 0 aliphatic heterocycles. The van der Waals surface area contributed by atoms with Crippen molar-refractivity contribution in [1.29, 1.82) is 0 Å². The smallest absolute Gasteiger partial charge is 0.0946 e. The number of aromatic nitrogens is 3. The van der Waals surface area contributed by atoms with E-state index in [2.05, 4.69) is 26.8 Å². The summed E-state index contributed by atoms with van der Waals surface area (Å²) in [5.74, 6) is 0.589. The summed E-state index contributed by atoms with van der Waals surface area (Å²) in [4.78, 5) is 8.04. The van der Waals surface area contributed by atoms with Gasteiger partial charge in [-0.2, -0.15) is 0 Å². The third-order valence-corrected chi connectivity index (χ3v) is 2.65. The monoisotopic (exact) mass is 230 g/mol. The Hall–Kier alpha value is -1.68. The molecule has 2 aromatic heterocycles. The Morgan fingerprint density at radius 1 is 1.24 bits per heavy atom. The van der Waals surface area contributed by atoms with Gasteiger partial charge in [0.05, 0.1) is 6.33 Å². The minimum atomic E-state index is 0.589. The van der Waals surface area contributed by atoms with Crippen LogP contribution in [0.2, 0.25) is 0 Å². The van der Waals surface area contributed by atoms with Crippen LogP contribution in [0, 0.1) is 5.92 Å². The zero-order chi connectivity index (χ0) is 11.9. The van der Waals surface area contributed by atoms with Crippen LogP contribution in [0.3, 0.4) is 0 Å². The molecule has 0 radical (unpaired) electrons. The van der Waals surface area contributed by atoms with Gasteiger partial charge in [-0.15, -0.1) is 0 Å². The number of nitrogens with one attached hydrogen (secondary N) is 1. The Morgan fingerprint density at radius 2 is 2.06 bits per heavy atom. The van der Waals surface area contributed by atoms with Crippen LogP contribution in [0.1, 0.15) is 12.5 Å². The molecule has 0 aliphatic carbocycles. The Labute approximate surface area is 102 Å². The summed E-state index contributed by atoms with van der Waals surface area (Å²) in [6.45, 7) is 5.14. The Kier molecular flexibility index (Phi) is 4.27. The van der Waals surface area contributed by atoms with E-state index < -0.39 is 0 Å². The molecular weight excluding hydrogens is 212 g/mol. The standard InChI is InChI=1S/C13H18N4/c1-12(10-17-7-6-15-11-17)8-16-9-13-2-4-14-5-3-13/h2-7,11-12,16H,8-10H2,1H3. The van der Waals surface area contributed by atoms with Gasteiger partial charge in [0.25, 0.3) is 0 Å². The quantitative estimate of drug-likeness (QED) is 0.821. The number of imidazole rings is 1. The molecule has 2 aromatic rings. The fourth-order valence-corrected chi connectivity index (χ4v) is 1.78. The molecule has 1 unspecified atom stereocenters. The van der Waals surface area contributed by atoms with Crippen LogP contribution in [-0.2, 0) is 13.1 Å². The van der Waals surface area contributed by atoms with Crippen molar-refractivity contribution in [1.82, 2.24) is 19.9 Å². The van der Waals surface area contributed by atoms with Gasteiger partial charge in [-0.1, -0.05) is 6.92 Å². The molecule has 0 saturated carbocycles. The highest BCUT2D eigenvalue weighted by Crippen LogP contribution is 2.00. The molecule has 0 spiro atoms. The van der Waals surface area contributed by atoms with Crippen molar-refractivity contribution >= 4 is 0 Å². The summed E-state index contributed by atoms with van der Waals surface area (Å²) in [5, 5.41) is 3.45. The van der Waals surface area contributed by atoms with Crippen LogP contribution in [-0.4, -0.2) is 21.1 Å². The maximum absolute atomic E-state index is 4.04. The van der Waals surface area contributed by atoms with Crippen LogP contribution in [0.5, 0.6) is 0 Å². The fourth-order valence-electron chi connectivity index (χ4n) is 1.78. The first-order chi connectivity index (χ1) is 8.34. The van der Waals surface area contributed by atoms with Crippen molar-refractivity contribution in [2.75, 3.05) is 6.54 Å². The highest BCUT2D eigenvalue weighted by Gasteiger charge is 2.02. The van der Waals surface area contributed by atoms with E-state index in [9.17, 15) is 0 Å². The van der Waals surface area contributed by atoms with E-state index in [1.165, 1.54) is 5.56 Å². The lowest BCUT2D eigenvalue weighted by Gasteiger charge is -2.13. The molecular formula is C13H18N4. The van der Waals surface area contributed by atoms with Crippen molar-refractivity contribution in [3.63, 3.8) is 0 Å². The molecule has 90 valence electrons.